The van der Waals surface area contributed by atoms with Crippen molar-refractivity contribution < 1.29 is 23.1 Å². The highest BCUT2D eigenvalue weighted by Gasteiger charge is 2.36. The van der Waals surface area contributed by atoms with Crippen LogP contribution < -0.4 is 5.32 Å². The molecule has 0 fully saturated rings. The molecule has 0 radical (unpaired) electrons. The van der Waals surface area contributed by atoms with E-state index in [1.54, 1.807) is 0 Å². The molecule has 2 aromatic rings. The van der Waals surface area contributed by atoms with Gasteiger partial charge in [-0.15, -0.1) is 0 Å². The van der Waals surface area contributed by atoms with Crippen LogP contribution in [0, 0.1) is 17.5 Å². The van der Waals surface area contributed by atoms with Gasteiger partial charge in [-0.1, -0.05) is 12.1 Å². The third-order valence-electron chi connectivity index (χ3n) is 3.13. The maximum atomic E-state index is 13.7. The summed E-state index contributed by atoms with van der Waals surface area (Å²) >= 11 is 0. The first-order valence-corrected chi connectivity index (χ1v) is 6.05. The number of nitrogens with one attached hydrogen (secondary N) is 1. The lowest BCUT2D eigenvalue weighted by Gasteiger charge is -2.28. The van der Waals surface area contributed by atoms with Crippen molar-refractivity contribution in [1.82, 2.24) is 0 Å². The Kier molecular flexibility index (Phi) is 3.88. The summed E-state index contributed by atoms with van der Waals surface area (Å²) in [6, 6.07) is 7.87. The minimum atomic E-state index is -1.88. The van der Waals surface area contributed by atoms with Gasteiger partial charge in [0.05, 0.1) is 5.69 Å². The van der Waals surface area contributed by atoms with E-state index in [2.05, 4.69) is 5.32 Å². The monoisotopic (exact) mass is 295 g/mol. The van der Waals surface area contributed by atoms with Gasteiger partial charge in [-0.2, -0.15) is 0 Å². The van der Waals surface area contributed by atoms with Crippen LogP contribution in [0.25, 0.3) is 0 Å². The number of para-hydroxylation sites is 1. The summed E-state index contributed by atoms with van der Waals surface area (Å²) in [5.41, 5.74) is -2.12. The lowest BCUT2D eigenvalue weighted by Crippen LogP contribution is -2.41. The number of anilines is 1. The largest absolute Gasteiger partial charge is 0.479 e. The maximum absolute atomic E-state index is 13.7. The van der Waals surface area contributed by atoms with Gasteiger partial charge in [-0.3, -0.25) is 0 Å². The quantitative estimate of drug-likeness (QED) is 0.907. The molecule has 0 amide bonds. The van der Waals surface area contributed by atoms with E-state index < -0.39 is 29.0 Å². The molecular weight excluding hydrogens is 283 g/mol. The molecule has 0 bridgehead atoms. The van der Waals surface area contributed by atoms with Crippen molar-refractivity contribution in [3.05, 3.63) is 65.5 Å². The summed E-state index contributed by atoms with van der Waals surface area (Å²) in [6.45, 7) is 1.20. The first-order chi connectivity index (χ1) is 9.83. The van der Waals surface area contributed by atoms with Gasteiger partial charge >= 0.3 is 5.97 Å². The van der Waals surface area contributed by atoms with Gasteiger partial charge in [0.1, 0.15) is 17.5 Å². The fourth-order valence-electron chi connectivity index (χ4n) is 1.92. The van der Waals surface area contributed by atoms with Crippen molar-refractivity contribution in [2.45, 2.75) is 12.5 Å². The minimum absolute atomic E-state index is 0.0768. The molecule has 0 aliphatic rings. The van der Waals surface area contributed by atoms with Crippen LogP contribution in [0.3, 0.4) is 0 Å². The van der Waals surface area contributed by atoms with Gasteiger partial charge in [0.2, 0.25) is 0 Å². The molecule has 0 aliphatic heterocycles. The maximum Gasteiger partial charge on any atom is 0.333 e. The lowest BCUT2D eigenvalue weighted by atomic mass is 9.91. The van der Waals surface area contributed by atoms with E-state index >= 15 is 0 Å². The van der Waals surface area contributed by atoms with Gasteiger partial charge in [-0.25, -0.2) is 18.0 Å². The molecule has 2 N–H and O–H groups in total. The number of aliphatic carboxylic acids is 1. The van der Waals surface area contributed by atoms with Crippen LogP contribution in [0.2, 0.25) is 0 Å². The number of rotatable bonds is 4. The number of hydrogen-bond acceptors (Lipinski definition) is 2. The highest BCUT2D eigenvalue weighted by molar-refractivity contribution is 5.84. The molecule has 21 heavy (non-hydrogen) atoms. The molecule has 2 rings (SSSR count). The van der Waals surface area contributed by atoms with Crippen LogP contribution in [-0.2, 0) is 10.3 Å². The molecule has 0 heterocycles. The lowest BCUT2D eigenvalue weighted by molar-refractivity contribution is -0.142. The summed E-state index contributed by atoms with van der Waals surface area (Å²) < 4.78 is 40.3. The van der Waals surface area contributed by atoms with Gasteiger partial charge in [0.15, 0.2) is 5.54 Å². The summed E-state index contributed by atoms with van der Waals surface area (Å²) in [6.07, 6.45) is 0. The van der Waals surface area contributed by atoms with Gasteiger partial charge in [0.25, 0.3) is 0 Å². The number of carboxylic acids is 1. The highest BCUT2D eigenvalue weighted by atomic mass is 19.1. The molecular formula is C15H12F3NO2. The Morgan fingerprint density at radius 2 is 1.67 bits per heavy atom. The van der Waals surface area contributed by atoms with E-state index in [1.165, 1.54) is 25.1 Å². The van der Waals surface area contributed by atoms with Gasteiger partial charge < -0.3 is 10.4 Å². The summed E-state index contributed by atoms with van der Waals surface area (Å²) in [7, 11) is 0. The predicted molar refractivity (Wildman–Crippen MR) is 71.4 cm³/mol. The van der Waals surface area contributed by atoms with E-state index in [9.17, 15) is 23.1 Å². The van der Waals surface area contributed by atoms with Crippen molar-refractivity contribution in [3.63, 3.8) is 0 Å². The Hall–Kier alpha value is -2.50. The molecule has 6 heteroatoms. The molecule has 1 atom stereocenters. The number of carbonyl (C=O) groups is 1. The minimum Gasteiger partial charge on any atom is -0.479 e. The van der Waals surface area contributed by atoms with Crippen LogP contribution in [0.15, 0.2) is 42.5 Å². The number of carboxylic acid groups (broad SMARTS) is 1. The second-order valence-electron chi connectivity index (χ2n) is 4.69. The van der Waals surface area contributed by atoms with E-state index in [0.29, 0.717) is 6.07 Å². The number of hydrogen-bond donors (Lipinski definition) is 2. The van der Waals surface area contributed by atoms with Crippen molar-refractivity contribution >= 4 is 11.7 Å². The number of halogens is 3. The van der Waals surface area contributed by atoms with E-state index in [4.69, 9.17) is 0 Å². The van der Waals surface area contributed by atoms with E-state index in [-0.39, 0.29) is 11.3 Å². The molecule has 0 spiro atoms. The third kappa shape index (κ3) is 2.99. The average molecular weight is 295 g/mol. The average Bonchev–Trinajstić information content (AvgIpc) is 2.40. The molecule has 3 nitrogen and oxygen atoms in total. The summed E-state index contributed by atoms with van der Waals surface area (Å²) in [5.74, 6) is -3.88. The van der Waals surface area contributed by atoms with Crippen molar-refractivity contribution in [2.75, 3.05) is 5.32 Å². The second kappa shape index (κ2) is 5.47. The topological polar surface area (TPSA) is 49.3 Å². The molecule has 0 saturated carbocycles. The Bertz CT molecular complexity index is 670. The Labute approximate surface area is 119 Å². The zero-order valence-corrected chi connectivity index (χ0v) is 11.0. The number of benzene rings is 2. The molecule has 1 unspecified atom stereocenters. The first kappa shape index (κ1) is 14.9. The predicted octanol–water partition coefficient (Wildman–Crippen LogP) is 3.52. The standard InChI is InChI=1S/C15H12F3NO2/c1-15(14(20)21,9-6-10(16)8-11(17)7-9)19-13-5-3-2-4-12(13)18/h2-8,19H,1H3,(H,20,21). The van der Waals surface area contributed by atoms with Crippen LogP contribution in [0.5, 0.6) is 0 Å². The SMILES string of the molecule is CC(Nc1ccccc1F)(C(=O)O)c1cc(F)cc(F)c1. The summed E-state index contributed by atoms with van der Waals surface area (Å²) in [5, 5.41) is 11.9. The molecule has 0 saturated heterocycles. The zero-order valence-electron chi connectivity index (χ0n) is 11.0. The normalized spacial score (nSPS) is 13.5. The van der Waals surface area contributed by atoms with E-state index in [0.717, 1.165) is 18.2 Å². The zero-order chi connectivity index (χ0) is 15.6. The first-order valence-electron chi connectivity index (χ1n) is 6.05. The fourth-order valence-corrected chi connectivity index (χ4v) is 1.92. The molecule has 0 aromatic heterocycles. The molecule has 110 valence electrons. The summed E-state index contributed by atoms with van der Waals surface area (Å²) in [4.78, 5) is 11.5. The van der Waals surface area contributed by atoms with E-state index in [1.807, 2.05) is 0 Å². The van der Waals surface area contributed by atoms with Crippen molar-refractivity contribution in [1.29, 1.82) is 0 Å². The van der Waals surface area contributed by atoms with Crippen molar-refractivity contribution in [2.24, 2.45) is 0 Å². The van der Waals surface area contributed by atoms with Crippen LogP contribution >= 0.6 is 0 Å². The smallest absolute Gasteiger partial charge is 0.333 e. The Balaban J connectivity index is 2.50. The molecule has 0 aliphatic carbocycles. The van der Waals surface area contributed by atoms with Crippen LogP contribution in [-0.4, -0.2) is 11.1 Å². The van der Waals surface area contributed by atoms with Gasteiger partial charge in [0, 0.05) is 6.07 Å². The van der Waals surface area contributed by atoms with Crippen LogP contribution in [0.4, 0.5) is 18.9 Å². The Morgan fingerprint density at radius 3 is 2.19 bits per heavy atom. The molecule has 2 aromatic carbocycles. The third-order valence-corrected chi connectivity index (χ3v) is 3.13. The van der Waals surface area contributed by atoms with Crippen molar-refractivity contribution in [3.8, 4) is 0 Å². The highest BCUT2D eigenvalue weighted by Crippen LogP contribution is 2.29. The van der Waals surface area contributed by atoms with Crippen LogP contribution in [0.1, 0.15) is 12.5 Å². The second-order valence-corrected chi connectivity index (χ2v) is 4.69. The Morgan fingerprint density at radius 1 is 1.10 bits per heavy atom. The van der Waals surface area contributed by atoms with Gasteiger partial charge in [-0.05, 0) is 36.8 Å². The fraction of sp³-hybridized carbons (Fsp3) is 0.133.